The summed E-state index contributed by atoms with van der Waals surface area (Å²) in [6.45, 7) is 3.75. The molecule has 1 aromatic rings. The summed E-state index contributed by atoms with van der Waals surface area (Å²) < 4.78 is 0. The van der Waals surface area contributed by atoms with Crippen LogP contribution < -0.4 is 16.0 Å². The molecule has 2 aliphatic heterocycles. The zero-order valence-corrected chi connectivity index (χ0v) is 11.8. The third-order valence-electron chi connectivity index (χ3n) is 4.58. The van der Waals surface area contributed by atoms with Gasteiger partial charge in [-0.3, -0.25) is 4.79 Å². The second-order valence-electron chi connectivity index (χ2n) is 6.02. The molecule has 2 heterocycles. The van der Waals surface area contributed by atoms with Crippen LogP contribution in [-0.4, -0.2) is 31.6 Å². The van der Waals surface area contributed by atoms with E-state index in [4.69, 9.17) is 0 Å². The van der Waals surface area contributed by atoms with Crippen molar-refractivity contribution < 1.29 is 4.79 Å². The lowest BCUT2D eigenvalue weighted by molar-refractivity contribution is -0.143. The lowest BCUT2D eigenvalue weighted by Gasteiger charge is -2.46. The van der Waals surface area contributed by atoms with Crippen LogP contribution >= 0.6 is 0 Å². The lowest BCUT2D eigenvalue weighted by atomic mass is 9.70. The molecule has 0 saturated carbocycles. The minimum absolute atomic E-state index is 0.0463. The number of β-lactam (4-membered cyclic amide) rings is 1. The van der Waals surface area contributed by atoms with Gasteiger partial charge in [-0.05, 0) is 37.9 Å². The maximum absolute atomic E-state index is 11.7. The summed E-state index contributed by atoms with van der Waals surface area (Å²) in [7, 11) is 0. The minimum atomic E-state index is -0.0463. The normalized spacial score (nSPS) is 29.0. The van der Waals surface area contributed by atoms with Crippen molar-refractivity contribution in [3.8, 4) is 0 Å². The van der Waals surface area contributed by atoms with E-state index in [1.54, 1.807) is 0 Å². The zero-order valence-electron chi connectivity index (χ0n) is 11.8. The SMILES string of the molecule is O=C1NCC12CCNC(CCNCc1ccccc1)C2. The fourth-order valence-electron chi connectivity index (χ4n) is 3.25. The van der Waals surface area contributed by atoms with Crippen molar-refractivity contribution in [3.63, 3.8) is 0 Å². The Bertz CT molecular complexity index is 462. The second-order valence-corrected chi connectivity index (χ2v) is 6.02. The summed E-state index contributed by atoms with van der Waals surface area (Å²) >= 11 is 0. The van der Waals surface area contributed by atoms with E-state index < -0.39 is 0 Å². The molecule has 2 fully saturated rings. The van der Waals surface area contributed by atoms with Gasteiger partial charge in [-0.15, -0.1) is 0 Å². The predicted molar refractivity (Wildman–Crippen MR) is 79.2 cm³/mol. The van der Waals surface area contributed by atoms with Crippen molar-refractivity contribution in [2.24, 2.45) is 5.41 Å². The van der Waals surface area contributed by atoms with Crippen LogP contribution in [0.3, 0.4) is 0 Å². The molecule has 0 aliphatic carbocycles. The Hall–Kier alpha value is -1.39. The van der Waals surface area contributed by atoms with E-state index in [1.165, 1.54) is 5.56 Å². The van der Waals surface area contributed by atoms with Gasteiger partial charge in [0.05, 0.1) is 5.41 Å². The van der Waals surface area contributed by atoms with E-state index in [9.17, 15) is 4.79 Å². The van der Waals surface area contributed by atoms with Crippen LogP contribution in [0, 0.1) is 5.41 Å². The third-order valence-corrected chi connectivity index (χ3v) is 4.58. The molecule has 1 amide bonds. The topological polar surface area (TPSA) is 53.2 Å². The van der Waals surface area contributed by atoms with E-state index in [0.717, 1.165) is 45.4 Å². The highest BCUT2D eigenvalue weighted by Gasteiger charge is 2.48. The highest BCUT2D eigenvalue weighted by Crippen LogP contribution is 2.36. The monoisotopic (exact) mass is 273 g/mol. The fourth-order valence-corrected chi connectivity index (χ4v) is 3.25. The highest BCUT2D eigenvalue weighted by molar-refractivity contribution is 5.88. The standard InChI is InChI=1S/C16H23N3O/c20-15-16(12-19-15)7-9-18-14(10-16)6-8-17-11-13-4-2-1-3-5-13/h1-5,14,17-18H,6-12H2,(H,19,20). The first kappa shape index (κ1) is 13.6. The molecular formula is C16H23N3O. The minimum Gasteiger partial charge on any atom is -0.354 e. The summed E-state index contributed by atoms with van der Waals surface area (Å²) in [4.78, 5) is 11.7. The van der Waals surface area contributed by atoms with Crippen LogP contribution in [0.4, 0.5) is 0 Å². The molecule has 0 aromatic heterocycles. The Balaban J connectivity index is 1.39. The van der Waals surface area contributed by atoms with Crippen molar-refractivity contribution in [2.45, 2.75) is 31.8 Å². The Morgan fingerprint density at radius 1 is 1.30 bits per heavy atom. The van der Waals surface area contributed by atoms with Crippen molar-refractivity contribution in [2.75, 3.05) is 19.6 Å². The molecule has 2 atom stereocenters. The van der Waals surface area contributed by atoms with Gasteiger partial charge in [0.1, 0.15) is 0 Å². The van der Waals surface area contributed by atoms with E-state index in [2.05, 4.69) is 40.2 Å². The molecule has 1 aromatic carbocycles. The third kappa shape index (κ3) is 2.86. The van der Waals surface area contributed by atoms with Crippen molar-refractivity contribution in [1.82, 2.24) is 16.0 Å². The van der Waals surface area contributed by atoms with Gasteiger partial charge < -0.3 is 16.0 Å². The number of carbonyl (C=O) groups excluding carboxylic acids is 1. The molecule has 2 aliphatic rings. The zero-order chi connectivity index (χ0) is 13.8. The number of rotatable bonds is 5. The molecule has 3 N–H and O–H groups in total. The number of benzene rings is 1. The van der Waals surface area contributed by atoms with Crippen LogP contribution in [0.15, 0.2) is 30.3 Å². The maximum atomic E-state index is 11.7. The molecule has 2 saturated heterocycles. The van der Waals surface area contributed by atoms with Crippen molar-refractivity contribution in [1.29, 1.82) is 0 Å². The Morgan fingerprint density at radius 3 is 2.85 bits per heavy atom. The van der Waals surface area contributed by atoms with Crippen molar-refractivity contribution >= 4 is 5.91 Å². The molecule has 3 rings (SSSR count). The van der Waals surface area contributed by atoms with Gasteiger partial charge in [0.25, 0.3) is 0 Å². The van der Waals surface area contributed by atoms with Gasteiger partial charge in [-0.1, -0.05) is 30.3 Å². The molecule has 1 spiro atoms. The summed E-state index contributed by atoms with van der Waals surface area (Å²) in [6, 6.07) is 10.9. The van der Waals surface area contributed by atoms with Crippen LogP contribution in [0.2, 0.25) is 0 Å². The summed E-state index contributed by atoms with van der Waals surface area (Å²) in [5.41, 5.74) is 1.27. The van der Waals surface area contributed by atoms with Crippen LogP contribution in [0.1, 0.15) is 24.8 Å². The molecule has 108 valence electrons. The number of nitrogens with one attached hydrogen (secondary N) is 3. The predicted octanol–water partition coefficient (Wildman–Crippen LogP) is 1.03. The first-order valence-corrected chi connectivity index (χ1v) is 7.55. The number of carbonyl (C=O) groups is 1. The smallest absolute Gasteiger partial charge is 0.228 e. The average molecular weight is 273 g/mol. The van der Waals surface area contributed by atoms with Crippen LogP contribution in [0.25, 0.3) is 0 Å². The quantitative estimate of drug-likeness (QED) is 0.555. The molecule has 4 heteroatoms. The molecular weight excluding hydrogens is 250 g/mol. The van der Waals surface area contributed by atoms with Crippen LogP contribution in [0.5, 0.6) is 0 Å². The van der Waals surface area contributed by atoms with Gasteiger partial charge in [-0.25, -0.2) is 0 Å². The highest BCUT2D eigenvalue weighted by atomic mass is 16.2. The van der Waals surface area contributed by atoms with E-state index in [-0.39, 0.29) is 11.3 Å². The molecule has 2 unspecified atom stereocenters. The molecule has 0 radical (unpaired) electrons. The molecule has 4 nitrogen and oxygen atoms in total. The lowest BCUT2D eigenvalue weighted by Crippen LogP contribution is -2.64. The summed E-state index contributed by atoms with van der Waals surface area (Å²) in [6.07, 6.45) is 3.07. The van der Waals surface area contributed by atoms with Crippen molar-refractivity contribution in [3.05, 3.63) is 35.9 Å². The number of piperidine rings is 1. The largest absolute Gasteiger partial charge is 0.354 e. The Labute approximate surface area is 120 Å². The number of hydrogen-bond acceptors (Lipinski definition) is 3. The summed E-state index contributed by atoms with van der Waals surface area (Å²) in [5.74, 6) is 0.265. The van der Waals surface area contributed by atoms with Gasteiger partial charge in [0.15, 0.2) is 0 Å². The first-order valence-electron chi connectivity index (χ1n) is 7.55. The second kappa shape index (κ2) is 5.94. The average Bonchev–Trinajstić information content (AvgIpc) is 2.51. The fraction of sp³-hybridized carbons (Fsp3) is 0.562. The maximum Gasteiger partial charge on any atom is 0.228 e. The number of amides is 1. The van der Waals surface area contributed by atoms with Gasteiger partial charge in [0, 0.05) is 19.1 Å². The molecule has 20 heavy (non-hydrogen) atoms. The Kier molecular flexibility index (Phi) is 4.03. The first-order chi connectivity index (χ1) is 9.78. The van der Waals surface area contributed by atoms with E-state index in [0.29, 0.717) is 6.04 Å². The van der Waals surface area contributed by atoms with Crippen LogP contribution in [-0.2, 0) is 11.3 Å². The van der Waals surface area contributed by atoms with E-state index >= 15 is 0 Å². The van der Waals surface area contributed by atoms with E-state index in [1.807, 2.05) is 6.07 Å². The number of hydrogen-bond donors (Lipinski definition) is 3. The van der Waals surface area contributed by atoms with Gasteiger partial charge in [0.2, 0.25) is 5.91 Å². The Morgan fingerprint density at radius 2 is 2.15 bits per heavy atom. The molecule has 0 bridgehead atoms. The van der Waals surface area contributed by atoms with Gasteiger partial charge in [-0.2, -0.15) is 0 Å². The summed E-state index contributed by atoms with van der Waals surface area (Å²) in [5, 5.41) is 9.92. The van der Waals surface area contributed by atoms with Gasteiger partial charge >= 0.3 is 0 Å².